The molecule has 0 aliphatic rings. The number of benzene rings is 2. The maximum atomic E-state index is 13.6. The smallest absolute Gasteiger partial charge is 0.333 e. The summed E-state index contributed by atoms with van der Waals surface area (Å²) in [4.78, 5) is 27.9. The lowest BCUT2D eigenvalue weighted by atomic mass is 10.0. The zero-order valence-electron chi connectivity index (χ0n) is 14.8. The number of nitrogens with one attached hydrogen (secondary N) is 2. The number of esters is 1. The minimum absolute atomic E-state index is 0.0132. The third kappa shape index (κ3) is 4.19. The first-order chi connectivity index (χ1) is 12.9. The van der Waals surface area contributed by atoms with Gasteiger partial charge in [0.05, 0.1) is 13.5 Å². The van der Waals surface area contributed by atoms with E-state index in [-0.39, 0.29) is 18.1 Å². The van der Waals surface area contributed by atoms with Crippen molar-refractivity contribution in [1.29, 1.82) is 0 Å². The number of H-pyrrole nitrogens is 1. The zero-order chi connectivity index (χ0) is 19.6. The Labute approximate surface area is 164 Å². The Balaban J connectivity index is 1.84. The van der Waals surface area contributed by atoms with Gasteiger partial charge in [-0.15, -0.1) is 0 Å². The quantitative estimate of drug-likeness (QED) is 0.599. The van der Waals surface area contributed by atoms with E-state index in [0.717, 1.165) is 15.7 Å². The van der Waals surface area contributed by atoms with Crippen molar-refractivity contribution >= 4 is 38.7 Å². The molecule has 0 aliphatic carbocycles. The molecule has 2 N–H and O–H groups in total. The summed E-state index contributed by atoms with van der Waals surface area (Å²) in [7, 11) is 1.27. The van der Waals surface area contributed by atoms with Gasteiger partial charge < -0.3 is 15.0 Å². The molecule has 0 saturated carbocycles. The number of fused-ring (bicyclic) bond motifs is 1. The van der Waals surface area contributed by atoms with Crippen LogP contribution in [0.15, 0.2) is 46.9 Å². The van der Waals surface area contributed by atoms with E-state index in [1.54, 1.807) is 30.3 Å². The van der Waals surface area contributed by atoms with Crippen LogP contribution in [0, 0.1) is 12.7 Å². The Bertz CT molecular complexity index is 998. The number of carbonyl (C=O) groups is 2. The molecule has 1 amide bonds. The summed E-state index contributed by atoms with van der Waals surface area (Å²) in [5.41, 5.74) is 2.85. The maximum Gasteiger partial charge on any atom is 0.333 e. The highest BCUT2D eigenvalue weighted by molar-refractivity contribution is 9.10. The minimum Gasteiger partial charge on any atom is -0.467 e. The minimum atomic E-state index is -0.919. The number of aromatic nitrogens is 1. The summed E-state index contributed by atoms with van der Waals surface area (Å²) in [6.07, 6.45) is 0.0132. The van der Waals surface area contributed by atoms with Crippen LogP contribution in [-0.2, 0) is 20.7 Å². The van der Waals surface area contributed by atoms with Gasteiger partial charge >= 0.3 is 5.97 Å². The van der Waals surface area contributed by atoms with Crippen molar-refractivity contribution < 1.29 is 18.7 Å². The van der Waals surface area contributed by atoms with Crippen molar-refractivity contribution in [2.45, 2.75) is 19.4 Å². The standard InChI is InChI=1S/C20H18BrFN2O3/c1-11-15(16-9-14(22)7-8-17(16)23-11)10-18(25)24-19(20(26)27-2)12-3-5-13(21)6-4-12/h3-9,19,23H,10H2,1-2H3,(H,24,25). The highest BCUT2D eigenvalue weighted by Crippen LogP contribution is 2.24. The monoisotopic (exact) mass is 432 g/mol. The van der Waals surface area contributed by atoms with E-state index < -0.39 is 12.0 Å². The van der Waals surface area contributed by atoms with Crippen LogP contribution in [0.1, 0.15) is 22.9 Å². The fourth-order valence-corrected chi connectivity index (χ4v) is 3.27. The van der Waals surface area contributed by atoms with Crippen LogP contribution < -0.4 is 5.32 Å². The van der Waals surface area contributed by atoms with Crippen molar-refractivity contribution in [3.8, 4) is 0 Å². The van der Waals surface area contributed by atoms with Crippen molar-refractivity contribution in [3.05, 3.63) is 69.6 Å². The second-order valence-corrected chi connectivity index (χ2v) is 7.09. The highest BCUT2D eigenvalue weighted by Gasteiger charge is 2.24. The van der Waals surface area contributed by atoms with Gasteiger partial charge in [0.1, 0.15) is 5.82 Å². The van der Waals surface area contributed by atoms with Crippen LogP contribution >= 0.6 is 15.9 Å². The van der Waals surface area contributed by atoms with Gasteiger partial charge in [0.2, 0.25) is 5.91 Å². The first-order valence-corrected chi connectivity index (χ1v) is 9.07. The van der Waals surface area contributed by atoms with E-state index in [4.69, 9.17) is 4.74 Å². The molecular formula is C20H18BrFN2O3. The second-order valence-electron chi connectivity index (χ2n) is 6.17. The molecule has 5 nitrogen and oxygen atoms in total. The number of halogens is 2. The van der Waals surface area contributed by atoms with Crippen LogP contribution in [0.25, 0.3) is 10.9 Å². The van der Waals surface area contributed by atoms with Gasteiger partial charge in [-0.1, -0.05) is 28.1 Å². The van der Waals surface area contributed by atoms with E-state index >= 15 is 0 Å². The normalized spacial score (nSPS) is 12.0. The van der Waals surface area contributed by atoms with Gasteiger partial charge in [0.25, 0.3) is 0 Å². The Kier molecular flexibility index (Phi) is 5.60. The summed E-state index contributed by atoms with van der Waals surface area (Å²) >= 11 is 3.34. The lowest BCUT2D eigenvalue weighted by Crippen LogP contribution is -2.35. The summed E-state index contributed by atoms with van der Waals surface area (Å²) in [6, 6.07) is 10.5. The van der Waals surface area contributed by atoms with Gasteiger partial charge in [0, 0.05) is 21.1 Å². The van der Waals surface area contributed by atoms with Crippen LogP contribution in [0.5, 0.6) is 0 Å². The van der Waals surface area contributed by atoms with E-state index in [1.807, 2.05) is 6.92 Å². The average Bonchev–Trinajstić information content (AvgIpc) is 2.95. The molecule has 1 aromatic heterocycles. The lowest BCUT2D eigenvalue weighted by Gasteiger charge is -2.17. The average molecular weight is 433 g/mol. The third-order valence-corrected chi connectivity index (χ3v) is 4.89. The fourth-order valence-electron chi connectivity index (χ4n) is 3.01. The molecule has 7 heteroatoms. The van der Waals surface area contributed by atoms with Crippen LogP contribution in [0.4, 0.5) is 4.39 Å². The number of aromatic amines is 1. The summed E-state index contributed by atoms with van der Waals surface area (Å²) in [5, 5.41) is 3.37. The largest absolute Gasteiger partial charge is 0.467 e. The second kappa shape index (κ2) is 7.92. The number of hydrogen-bond acceptors (Lipinski definition) is 3. The van der Waals surface area contributed by atoms with E-state index in [0.29, 0.717) is 16.5 Å². The van der Waals surface area contributed by atoms with Gasteiger partial charge in [-0.3, -0.25) is 4.79 Å². The Morgan fingerprint density at radius 2 is 1.93 bits per heavy atom. The molecule has 0 aliphatic heterocycles. The molecular weight excluding hydrogens is 415 g/mol. The van der Waals surface area contributed by atoms with E-state index in [1.165, 1.54) is 19.2 Å². The van der Waals surface area contributed by atoms with Gasteiger partial charge in [0.15, 0.2) is 6.04 Å². The van der Waals surface area contributed by atoms with Gasteiger partial charge in [-0.2, -0.15) is 0 Å². The summed E-state index contributed by atoms with van der Waals surface area (Å²) in [5.74, 6) is -1.29. The first-order valence-electron chi connectivity index (χ1n) is 8.28. The molecule has 0 radical (unpaired) electrons. The molecule has 3 aromatic rings. The number of methoxy groups -OCH3 is 1. The molecule has 27 heavy (non-hydrogen) atoms. The first kappa shape index (κ1) is 19.1. The van der Waals surface area contributed by atoms with Crippen LogP contribution in [0.3, 0.4) is 0 Å². The van der Waals surface area contributed by atoms with Crippen LogP contribution in [-0.4, -0.2) is 24.0 Å². The summed E-state index contributed by atoms with van der Waals surface area (Å²) in [6.45, 7) is 1.83. The highest BCUT2D eigenvalue weighted by atomic mass is 79.9. The molecule has 0 saturated heterocycles. The molecule has 1 heterocycles. The number of carbonyl (C=O) groups excluding carboxylic acids is 2. The SMILES string of the molecule is COC(=O)C(NC(=O)Cc1c(C)[nH]c2ccc(F)cc12)c1ccc(Br)cc1. The fraction of sp³-hybridized carbons (Fsp3) is 0.200. The maximum absolute atomic E-state index is 13.6. The summed E-state index contributed by atoms with van der Waals surface area (Å²) < 4.78 is 19.3. The molecule has 0 bridgehead atoms. The number of ether oxygens (including phenoxy) is 1. The molecule has 1 unspecified atom stereocenters. The van der Waals surface area contributed by atoms with Crippen molar-refractivity contribution in [2.75, 3.05) is 7.11 Å². The Morgan fingerprint density at radius 3 is 2.59 bits per heavy atom. The molecule has 1 atom stereocenters. The van der Waals surface area contributed by atoms with E-state index in [2.05, 4.69) is 26.2 Å². The molecule has 0 spiro atoms. The lowest BCUT2D eigenvalue weighted by molar-refractivity contribution is -0.145. The number of aryl methyl sites for hydroxylation is 1. The van der Waals surface area contributed by atoms with Crippen molar-refractivity contribution in [1.82, 2.24) is 10.3 Å². The molecule has 140 valence electrons. The topological polar surface area (TPSA) is 71.2 Å². The van der Waals surface area contributed by atoms with E-state index in [9.17, 15) is 14.0 Å². The zero-order valence-corrected chi connectivity index (χ0v) is 16.4. The molecule has 2 aromatic carbocycles. The predicted octanol–water partition coefficient (Wildman–Crippen LogP) is 3.95. The number of hydrogen-bond donors (Lipinski definition) is 2. The molecule has 3 rings (SSSR count). The van der Waals surface area contributed by atoms with Gasteiger partial charge in [-0.25, -0.2) is 9.18 Å². The van der Waals surface area contributed by atoms with Crippen molar-refractivity contribution in [2.24, 2.45) is 0 Å². The third-order valence-electron chi connectivity index (χ3n) is 4.36. The molecule has 0 fully saturated rings. The van der Waals surface area contributed by atoms with Crippen LogP contribution in [0.2, 0.25) is 0 Å². The Hall–Kier alpha value is -2.67. The number of rotatable bonds is 5. The number of amides is 1. The van der Waals surface area contributed by atoms with Crippen molar-refractivity contribution in [3.63, 3.8) is 0 Å². The Morgan fingerprint density at radius 1 is 1.22 bits per heavy atom. The van der Waals surface area contributed by atoms with Gasteiger partial charge in [-0.05, 0) is 48.4 Å². The predicted molar refractivity (Wildman–Crippen MR) is 104 cm³/mol.